The molecule has 6 nitrogen and oxygen atoms in total. The van der Waals surface area contributed by atoms with Gasteiger partial charge in [-0.3, -0.25) is 9.59 Å². The van der Waals surface area contributed by atoms with Gasteiger partial charge in [-0.25, -0.2) is 0 Å². The molecule has 3 N–H and O–H groups in total. The number of rotatable bonds is 8. The van der Waals surface area contributed by atoms with E-state index in [9.17, 15) is 9.59 Å². The largest absolute Gasteiger partial charge is 0.469 e. The van der Waals surface area contributed by atoms with Crippen LogP contribution in [0.1, 0.15) is 41.8 Å². The number of methoxy groups -OCH3 is 1. The molecule has 1 aromatic rings. The Morgan fingerprint density at radius 2 is 2.16 bits per heavy atom. The Labute approximate surface area is 112 Å². The molecular formula is C13H20N2O4. The molecule has 1 rings (SSSR count). The number of carbonyl (C=O) groups is 2. The molecule has 0 aliphatic heterocycles. The van der Waals surface area contributed by atoms with Crippen LogP contribution in [0.2, 0.25) is 0 Å². The van der Waals surface area contributed by atoms with Crippen LogP contribution in [0, 0.1) is 0 Å². The van der Waals surface area contributed by atoms with Gasteiger partial charge in [-0.2, -0.15) is 0 Å². The van der Waals surface area contributed by atoms with E-state index in [0.29, 0.717) is 24.3 Å². The van der Waals surface area contributed by atoms with Crippen molar-refractivity contribution in [2.45, 2.75) is 32.2 Å². The number of esters is 1. The van der Waals surface area contributed by atoms with Crippen LogP contribution in [0.25, 0.3) is 0 Å². The number of furan rings is 1. The molecule has 0 atom stereocenters. The number of hydrogen-bond acceptors (Lipinski definition) is 5. The normalized spacial score (nSPS) is 10.2. The van der Waals surface area contributed by atoms with Crippen molar-refractivity contribution in [2.24, 2.45) is 5.73 Å². The fourth-order valence-electron chi connectivity index (χ4n) is 1.58. The van der Waals surface area contributed by atoms with E-state index in [-0.39, 0.29) is 18.4 Å². The SMILES string of the molecule is COC(=O)CCCCCNC(=O)c1coc(CN)c1. The van der Waals surface area contributed by atoms with E-state index in [2.05, 4.69) is 10.1 Å². The number of carbonyl (C=O) groups excluding carboxylic acids is 2. The summed E-state index contributed by atoms with van der Waals surface area (Å²) >= 11 is 0. The smallest absolute Gasteiger partial charge is 0.305 e. The molecule has 0 unspecified atom stereocenters. The van der Waals surface area contributed by atoms with Gasteiger partial charge in [0.15, 0.2) is 0 Å². The summed E-state index contributed by atoms with van der Waals surface area (Å²) in [6, 6.07) is 1.63. The summed E-state index contributed by atoms with van der Waals surface area (Å²) in [6.07, 6.45) is 4.28. The molecule has 0 fully saturated rings. The summed E-state index contributed by atoms with van der Waals surface area (Å²) in [7, 11) is 1.38. The van der Waals surface area contributed by atoms with E-state index in [1.54, 1.807) is 6.07 Å². The number of ether oxygens (including phenoxy) is 1. The van der Waals surface area contributed by atoms with E-state index in [4.69, 9.17) is 10.2 Å². The third kappa shape index (κ3) is 5.56. The molecule has 0 saturated heterocycles. The summed E-state index contributed by atoms with van der Waals surface area (Å²) in [4.78, 5) is 22.5. The van der Waals surface area contributed by atoms with Crippen LogP contribution in [0.4, 0.5) is 0 Å². The zero-order valence-corrected chi connectivity index (χ0v) is 11.1. The van der Waals surface area contributed by atoms with E-state index >= 15 is 0 Å². The van der Waals surface area contributed by atoms with E-state index < -0.39 is 0 Å². The Kier molecular flexibility index (Phi) is 6.67. The highest BCUT2D eigenvalue weighted by atomic mass is 16.5. The quantitative estimate of drug-likeness (QED) is 0.545. The molecule has 0 radical (unpaired) electrons. The average Bonchev–Trinajstić information content (AvgIpc) is 2.91. The van der Waals surface area contributed by atoms with E-state index in [1.165, 1.54) is 13.4 Å². The van der Waals surface area contributed by atoms with Gasteiger partial charge in [-0.05, 0) is 18.9 Å². The molecule has 0 saturated carbocycles. The van der Waals surface area contributed by atoms with Crippen molar-refractivity contribution in [1.82, 2.24) is 5.32 Å². The number of nitrogens with one attached hydrogen (secondary N) is 1. The van der Waals surface area contributed by atoms with Crippen molar-refractivity contribution in [2.75, 3.05) is 13.7 Å². The first-order chi connectivity index (χ1) is 9.17. The maximum Gasteiger partial charge on any atom is 0.305 e. The topological polar surface area (TPSA) is 94.6 Å². The molecule has 1 amide bonds. The van der Waals surface area contributed by atoms with Gasteiger partial charge in [0.05, 0.1) is 19.2 Å². The second-order valence-electron chi connectivity index (χ2n) is 4.15. The minimum Gasteiger partial charge on any atom is -0.469 e. The van der Waals surface area contributed by atoms with Crippen LogP contribution in [-0.4, -0.2) is 25.5 Å². The number of hydrogen-bond donors (Lipinski definition) is 2. The van der Waals surface area contributed by atoms with Gasteiger partial charge in [-0.15, -0.1) is 0 Å². The fraction of sp³-hybridized carbons (Fsp3) is 0.538. The molecule has 0 spiro atoms. The zero-order chi connectivity index (χ0) is 14.1. The Balaban J connectivity index is 2.12. The van der Waals surface area contributed by atoms with E-state index in [1.807, 2.05) is 0 Å². The zero-order valence-electron chi connectivity index (χ0n) is 11.1. The van der Waals surface area contributed by atoms with Gasteiger partial charge < -0.3 is 20.2 Å². The summed E-state index contributed by atoms with van der Waals surface area (Å²) < 4.78 is 9.62. The van der Waals surface area contributed by atoms with Crippen molar-refractivity contribution in [3.63, 3.8) is 0 Å². The van der Waals surface area contributed by atoms with Crippen molar-refractivity contribution in [3.05, 3.63) is 23.7 Å². The van der Waals surface area contributed by atoms with Gasteiger partial charge in [0.2, 0.25) is 0 Å². The predicted octanol–water partition coefficient (Wildman–Crippen LogP) is 1.20. The lowest BCUT2D eigenvalue weighted by Crippen LogP contribution is -2.23. The first-order valence-electron chi connectivity index (χ1n) is 6.30. The summed E-state index contributed by atoms with van der Waals surface area (Å²) in [6.45, 7) is 0.851. The molecule has 6 heteroatoms. The lowest BCUT2D eigenvalue weighted by Gasteiger charge is -2.03. The second kappa shape index (κ2) is 8.31. The Morgan fingerprint density at radius 1 is 1.37 bits per heavy atom. The number of unbranched alkanes of at least 4 members (excludes halogenated alkanes) is 2. The third-order valence-electron chi connectivity index (χ3n) is 2.69. The molecule has 0 aromatic carbocycles. The minimum atomic E-state index is -0.197. The standard InChI is InChI=1S/C13H20N2O4/c1-18-12(16)5-3-2-4-6-15-13(17)10-7-11(8-14)19-9-10/h7,9H,2-6,8,14H2,1H3,(H,15,17). The number of nitrogens with two attached hydrogens (primary N) is 1. The minimum absolute atomic E-state index is 0.170. The first kappa shape index (κ1) is 15.2. The van der Waals surface area contributed by atoms with Crippen LogP contribution >= 0.6 is 0 Å². The molecule has 1 heterocycles. The predicted molar refractivity (Wildman–Crippen MR) is 69.4 cm³/mol. The third-order valence-corrected chi connectivity index (χ3v) is 2.69. The molecule has 19 heavy (non-hydrogen) atoms. The van der Waals surface area contributed by atoms with E-state index in [0.717, 1.165) is 19.3 Å². The van der Waals surface area contributed by atoms with Crippen LogP contribution in [0.15, 0.2) is 16.7 Å². The molecule has 1 aromatic heterocycles. The van der Waals surface area contributed by atoms with Crippen molar-refractivity contribution in [1.29, 1.82) is 0 Å². The molecule has 0 bridgehead atoms. The molecule has 0 aliphatic rings. The lowest BCUT2D eigenvalue weighted by molar-refractivity contribution is -0.140. The van der Waals surface area contributed by atoms with Crippen LogP contribution in [-0.2, 0) is 16.1 Å². The highest BCUT2D eigenvalue weighted by Gasteiger charge is 2.08. The molecule has 106 valence electrons. The molecule has 0 aliphatic carbocycles. The van der Waals surface area contributed by atoms with Crippen molar-refractivity contribution < 1.29 is 18.7 Å². The van der Waals surface area contributed by atoms with Crippen LogP contribution in [0.5, 0.6) is 0 Å². The summed E-state index contributed by atoms with van der Waals surface area (Å²) in [5.74, 6) is 0.219. The Bertz CT molecular complexity index is 415. The van der Waals surface area contributed by atoms with Gasteiger partial charge in [0, 0.05) is 13.0 Å². The fourth-order valence-corrected chi connectivity index (χ4v) is 1.58. The van der Waals surface area contributed by atoms with Gasteiger partial charge in [0.25, 0.3) is 5.91 Å². The Morgan fingerprint density at radius 3 is 2.79 bits per heavy atom. The van der Waals surface area contributed by atoms with Gasteiger partial charge in [0.1, 0.15) is 12.0 Å². The number of amides is 1. The van der Waals surface area contributed by atoms with Crippen LogP contribution in [0.3, 0.4) is 0 Å². The molecular weight excluding hydrogens is 248 g/mol. The highest BCUT2D eigenvalue weighted by Crippen LogP contribution is 2.07. The van der Waals surface area contributed by atoms with Crippen LogP contribution < -0.4 is 11.1 Å². The average molecular weight is 268 g/mol. The lowest BCUT2D eigenvalue weighted by atomic mass is 10.2. The highest BCUT2D eigenvalue weighted by molar-refractivity contribution is 5.93. The van der Waals surface area contributed by atoms with Gasteiger partial charge >= 0.3 is 5.97 Å². The monoisotopic (exact) mass is 268 g/mol. The Hall–Kier alpha value is -1.82. The second-order valence-corrected chi connectivity index (χ2v) is 4.15. The van der Waals surface area contributed by atoms with Crippen molar-refractivity contribution in [3.8, 4) is 0 Å². The van der Waals surface area contributed by atoms with Crippen molar-refractivity contribution >= 4 is 11.9 Å². The summed E-state index contributed by atoms with van der Waals surface area (Å²) in [5, 5.41) is 2.78. The summed E-state index contributed by atoms with van der Waals surface area (Å²) in [5.41, 5.74) is 5.87. The maximum atomic E-state index is 11.7. The first-order valence-corrected chi connectivity index (χ1v) is 6.30. The maximum absolute atomic E-state index is 11.7. The van der Waals surface area contributed by atoms with Gasteiger partial charge in [-0.1, -0.05) is 6.42 Å².